The van der Waals surface area contributed by atoms with Crippen molar-refractivity contribution >= 4 is 23.7 Å². The summed E-state index contributed by atoms with van der Waals surface area (Å²) in [5, 5.41) is 26.2. The van der Waals surface area contributed by atoms with Gasteiger partial charge in [-0.3, -0.25) is 0 Å². The maximum absolute atomic E-state index is 10.6. The number of hydrogen-bond acceptors (Lipinski definition) is 6. The number of aliphatic carboxylic acids is 2. The average molecular weight is 446 g/mol. The van der Waals surface area contributed by atoms with E-state index in [1.54, 1.807) is 11.8 Å². The van der Waals surface area contributed by atoms with Crippen LogP contribution in [0.25, 0.3) is 0 Å². The standard InChI is InChI=1S/C19H23NO2S.C4H4O4/c1-20(2)11-6-12-22-17-9-5-8-15-16(21)13-14-7-3-4-10-18(14)23-19(15)17;5-3(6)1-2-4(7)8/h3-5,7-10,16,21H,6,11-13H2,1-2H3;1-2H,(H,5,6)(H,7,8)/b;2-1-. The van der Waals surface area contributed by atoms with Crippen molar-refractivity contribution in [3.05, 3.63) is 65.7 Å². The molecule has 0 aliphatic carbocycles. The van der Waals surface area contributed by atoms with Gasteiger partial charge in [0.25, 0.3) is 0 Å². The zero-order valence-corrected chi connectivity index (χ0v) is 18.3. The molecule has 2 aromatic carbocycles. The van der Waals surface area contributed by atoms with Crippen molar-refractivity contribution < 1.29 is 29.6 Å². The number of carboxylic acid groups (broad SMARTS) is 2. The SMILES string of the molecule is CN(C)CCCOc1cccc2c1Sc1ccccc1CC2O.O=C(O)/C=C\C(=O)O. The summed E-state index contributed by atoms with van der Waals surface area (Å²) in [5.41, 5.74) is 2.16. The average Bonchev–Trinajstić information content (AvgIpc) is 2.86. The zero-order valence-electron chi connectivity index (χ0n) is 17.5. The Morgan fingerprint density at radius 2 is 1.77 bits per heavy atom. The van der Waals surface area contributed by atoms with Crippen LogP contribution in [0, 0.1) is 0 Å². The van der Waals surface area contributed by atoms with E-state index in [0.717, 1.165) is 29.2 Å². The first kappa shape index (κ1) is 24.5. The lowest BCUT2D eigenvalue weighted by Crippen LogP contribution is -2.15. The quantitative estimate of drug-likeness (QED) is 0.439. The van der Waals surface area contributed by atoms with E-state index in [1.807, 2.05) is 30.3 Å². The number of carbonyl (C=O) groups is 2. The monoisotopic (exact) mass is 445 g/mol. The Hall–Kier alpha value is -2.81. The molecule has 0 bridgehead atoms. The number of carboxylic acids is 2. The van der Waals surface area contributed by atoms with Gasteiger partial charge < -0.3 is 25.0 Å². The summed E-state index contributed by atoms with van der Waals surface area (Å²) in [6.45, 7) is 1.70. The Labute approximate surface area is 186 Å². The highest BCUT2D eigenvalue weighted by molar-refractivity contribution is 7.99. The Morgan fingerprint density at radius 1 is 1.10 bits per heavy atom. The third-order valence-corrected chi connectivity index (χ3v) is 5.60. The molecule has 0 spiro atoms. The van der Waals surface area contributed by atoms with Gasteiger partial charge in [0.15, 0.2) is 0 Å². The minimum Gasteiger partial charge on any atom is -0.492 e. The van der Waals surface area contributed by atoms with Crippen molar-refractivity contribution in [1.82, 2.24) is 4.90 Å². The third-order valence-electron chi connectivity index (χ3n) is 4.34. The van der Waals surface area contributed by atoms with Crippen molar-refractivity contribution in [2.75, 3.05) is 27.2 Å². The van der Waals surface area contributed by atoms with E-state index in [-0.39, 0.29) is 0 Å². The Bertz CT molecular complexity index is 912. The van der Waals surface area contributed by atoms with Crippen molar-refractivity contribution in [2.24, 2.45) is 0 Å². The molecule has 0 saturated carbocycles. The lowest BCUT2D eigenvalue weighted by molar-refractivity contribution is -0.134. The van der Waals surface area contributed by atoms with Crippen LogP contribution in [-0.4, -0.2) is 59.4 Å². The number of aliphatic hydroxyl groups is 1. The second-order valence-corrected chi connectivity index (χ2v) is 8.17. The summed E-state index contributed by atoms with van der Waals surface area (Å²) < 4.78 is 6.02. The molecule has 1 unspecified atom stereocenters. The number of hydrogen-bond donors (Lipinski definition) is 3. The molecule has 0 aromatic heterocycles. The fourth-order valence-electron chi connectivity index (χ4n) is 2.92. The van der Waals surface area contributed by atoms with Crippen LogP contribution in [0.4, 0.5) is 0 Å². The Balaban J connectivity index is 0.000000366. The van der Waals surface area contributed by atoms with Gasteiger partial charge in [0.2, 0.25) is 0 Å². The summed E-state index contributed by atoms with van der Waals surface area (Å²) in [7, 11) is 4.13. The maximum atomic E-state index is 10.6. The molecule has 1 heterocycles. The van der Waals surface area contributed by atoms with E-state index >= 15 is 0 Å². The number of fused-ring (bicyclic) bond motifs is 2. The first-order chi connectivity index (χ1) is 14.8. The highest BCUT2D eigenvalue weighted by Crippen LogP contribution is 2.45. The first-order valence-corrected chi connectivity index (χ1v) is 10.6. The van der Waals surface area contributed by atoms with E-state index in [0.29, 0.717) is 25.2 Å². The van der Waals surface area contributed by atoms with Crippen LogP contribution in [-0.2, 0) is 16.0 Å². The van der Waals surface area contributed by atoms with Crippen LogP contribution in [0.5, 0.6) is 5.75 Å². The summed E-state index contributed by atoms with van der Waals surface area (Å²) in [4.78, 5) is 23.5. The number of benzene rings is 2. The molecule has 2 aromatic rings. The van der Waals surface area contributed by atoms with Crippen LogP contribution in [0.15, 0.2) is 64.4 Å². The largest absolute Gasteiger partial charge is 0.492 e. The molecule has 0 fully saturated rings. The molecule has 0 amide bonds. The summed E-state index contributed by atoms with van der Waals surface area (Å²) >= 11 is 1.70. The third kappa shape index (κ3) is 8.09. The molecule has 3 rings (SSSR count). The molecule has 1 atom stereocenters. The predicted molar refractivity (Wildman–Crippen MR) is 119 cm³/mol. The molecule has 1 aliphatic rings. The Morgan fingerprint density at radius 3 is 2.42 bits per heavy atom. The van der Waals surface area contributed by atoms with Gasteiger partial charge in [-0.25, -0.2) is 9.59 Å². The molecule has 31 heavy (non-hydrogen) atoms. The smallest absolute Gasteiger partial charge is 0.328 e. The number of ether oxygens (including phenoxy) is 1. The Kier molecular flexibility index (Phi) is 9.58. The highest BCUT2D eigenvalue weighted by atomic mass is 32.2. The van der Waals surface area contributed by atoms with Crippen molar-refractivity contribution in [1.29, 1.82) is 0 Å². The second kappa shape index (κ2) is 12.1. The van der Waals surface area contributed by atoms with Gasteiger partial charge in [0.1, 0.15) is 5.75 Å². The number of nitrogens with zero attached hydrogens (tertiary/aromatic N) is 1. The molecular weight excluding hydrogens is 418 g/mol. The van der Waals surface area contributed by atoms with E-state index < -0.39 is 18.0 Å². The van der Waals surface area contributed by atoms with E-state index in [9.17, 15) is 14.7 Å². The van der Waals surface area contributed by atoms with E-state index in [2.05, 4.69) is 31.1 Å². The van der Waals surface area contributed by atoms with Crippen molar-refractivity contribution in [3.63, 3.8) is 0 Å². The summed E-state index contributed by atoms with van der Waals surface area (Å²) in [6, 6.07) is 14.3. The predicted octanol–water partition coefficient (Wildman–Crippen LogP) is 3.47. The zero-order chi connectivity index (χ0) is 22.8. The van der Waals surface area contributed by atoms with Gasteiger partial charge >= 0.3 is 11.9 Å². The fourth-order valence-corrected chi connectivity index (χ4v) is 4.12. The molecule has 8 heteroatoms. The van der Waals surface area contributed by atoms with E-state index in [4.69, 9.17) is 14.9 Å². The lowest BCUT2D eigenvalue weighted by atomic mass is 10.0. The normalized spacial score (nSPS) is 14.8. The van der Waals surface area contributed by atoms with Gasteiger partial charge in [0.05, 0.1) is 17.6 Å². The van der Waals surface area contributed by atoms with Crippen molar-refractivity contribution in [3.8, 4) is 5.75 Å². The molecular formula is C23H27NO6S. The molecule has 7 nitrogen and oxygen atoms in total. The minimum atomic E-state index is -1.26. The van der Waals surface area contributed by atoms with Gasteiger partial charge in [-0.1, -0.05) is 42.1 Å². The van der Waals surface area contributed by atoms with Gasteiger partial charge in [-0.15, -0.1) is 0 Å². The van der Waals surface area contributed by atoms with Crippen LogP contribution < -0.4 is 4.74 Å². The molecule has 0 saturated heterocycles. The molecule has 166 valence electrons. The lowest BCUT2D eigenvalue weighted by Gasteiger charge is -2.16. The van der Waals surface area contributed by atoms with Gasteiger partial charge in [-0.2, -0.15) is 0 Å². The van der Waals surface area contributed by atoms with Crippen LogP contribution >= 0.6 is 11.8 Å². The van der Waals surface area contributed by atoms with Crippen LogP contribution in [0.3, 0.4) is 0 Å². The molecule has 0 radical (unpaired) electrons. The maximum Gasteiger partial charge on any atom is 0.328 e. The number of aliphatic hydroxyl groups excluding tert-OH is 1. The summed E-state index contributed by atoms with van der Waals surface area (Å²) in [5.74, 6) is -1.64. The molecule has 1 aliphatic heterocycles. The van der Waals surface area contributed by atoms with Gasteiger partial charge in [-0.05, 0) is 43.8 Å². The van der Waals surface area contributed by atoms with E-state index in [1.165, 1.54) is 10.5 Å². The van der Waals surface area contributed by atoms with Crippen molar-refractivity contribution in [2.45, 2.75) is 28.7 Å². The topological polar surface area (TPSA) is 107 Å². The fraction of sp³-hybridized carbons (Fsp3) is 0.304. The second-order valence-electron chi connectivity index (χ2n) is 7.12. The van der Waals surface area contributed by atoms with Crippen LogP contribution in [0.1, 0.15) is 23.7 Å². The van der Waals surface area contributed by atoms with Crippen LogP contribution in [0.2, 0.25) is 0 Å². The summed E-state index contributed by atoms with van der Waals surface area (Å²) in [6.07, 6.45) is 2.28. The number of rotatable bonds is 7. The minimum absolute atomic E-state index is 0.480. The molecule has 3 N–H and O–H groups in total. The van der Waals surface area contributed by atoms with Gasteiger partial charge in [0, 0.05) is 30.0 Å². The first-order valence-electron chi connectivity index (χ1n) is 9.76. The highest BCUT2D eigenvalue weighted by Gasteiger charge is 2.23.